The van der Waals surface area contributed by atoms with Gasteiger partial charge in [0.1, 0.15) is 12.6 Å². The number of hydrazine groups is 1. The van der Waals surface area contributed by atoms with Gasteiger partial charge in [-0.15, -0.1) is 0 Å². The first-order valence-electron chi connectivity index (χ1n) is 8.66. The molecule has 0 aliphatic carbocycles. The van der Waals surface area contributed by atoms with Crippen molar-refractivity contribution in [2.24, 2.45) is 0 Å². The highest BCUT2D eigenvalue weighted by molar-refractivity contribution is 5.86. The Morgan fingerprint density at radius 1 is 1.20 bits per heavy atom. The minimum atomic E-state index is -0.306. The topological polar surface area (TPSA) is 88.1 Å². The van der Waals surface area contributed by atoms with Crippen molar-refractivity contribution in [2.45, 2.75) is 38.3 Å². The zero-order chi connectivity index (χ0) is 17.9. The second kappa shape index (κ2) is 10.8. The third-order valence-electron chi connectivity index (χ3n) is 3.87. The van der Waals surface area contributed by atoms with Crippen LogP contribution in [-0.4, -0.2) is 54.4 Å². The normalized spacial score (nSPS) is 16.6. The van der Waals surface area contributed by atoms with Crippen LogP contribution in [-0.2, 0) is 25.7 Å². The lowest BCUT2D eigenvalue weighted by Crippen LogP contribution is -2.66. The van der Waals surface area contributed by atoms with Crippen LogP contribution < -0.4 is 5.43 Å². The molecule has 1 heterocycles. The van der Waals surface area contributed by atoms with Gasteiger partial charge in [-0.3, -0.25) is 14.6 Å². The molecule has 1 fully saturated rings. The molecule has 2 N–H and O–H groups in total. The number of amides is 1. The number of hydrogen-bond donors (Lipinski definition) is 2. The number of benzene rings is 1. The molecule has 7 heteroatoms. The van der Waals surface area contributed by atoms with E-state index in [0.29, 0.717) is 32.6 Å². The lowest BCUT2D eigenvalue weighted by molar-refractivity contribution is -0.154. The van der Waals surface area contributed by atoms with E-state index in [-0.39, 0.29) is 37.6 Å². The number of aliphatic hydroxyl groups excluding tert-OH is 1. The highest BCUT2D eigenvalue weighted by Gasteiger charge is 2.35. The number of esters is 1. The molecule has 1 aliphatic rings. The van der Waals surface area contributed by atoms with Gasteiger partial charge in [0.05, 0.1) is 0 Å². The van der Waals surface area contributed by atoms with Crippen molar-refractivity contribution in [2.75, 3.05) is 26.4 Å². The minimum absolute atomic E-state index is 0.00576. The van der Waals surface area contributed by atoms with E-state index in [1.165, 1.54) is 0 Å². The van der Waals surface area contributed by atoms with Crippen molar-refractivity contribution in [3.8, 4) is 0 Å². The maximum absolute atomic E-state index is 12.0. The minimum Gasteiger partial charge on any atom is -0.461 e. The first kappa shape index (κ1) is 19.4. The summed E-state index contributed by atoms with van der Waals surface area (Å²) in [6.07, 6.45) is 2.02. The zero-order valence-electron chi connectivity index (χ0n) is 14.4. The molecule has 2 rings (SSSR count). The highest BCUT2D eigenvalue weighted by atomic mass is 16.5. The van der Waals surface area contributed by atoms with Crippen LogP contribution in [0.3, 0.4) is 0 Å². The summed E-state index contributed by atoms with van der Waals surface area (Å²) in [6, 6.07) is 9.19. The van der Waals surface area contributed by atoms with Crippen molar-refractivity contribution >= 4 is 11.9 Å². The molecule has 1 atom stereocenters. The zero-order valence-corrected chi connectivity index (χ0v) is 14.4. The Morgan fingerprint density at radius 3 is 2.68 bits per heavy atom. The summed E-state index contributed by atoms with van der Waals surface area (Å²) in [7, 11) is 0. The third kappa shape index (κ3) is 6.81. The smallest absolute Gasteiger partial charge is 0.306 e. The van der Waals surface area contributed by atoms with Gasteiger partial charge in [-0.25, -0.2) is 5.43 Å². The van der Waals surface area contributed by atoms with Crippen LogP contribution in [0.2, 0.25) is 0 Å². The molecule has 0 spiro atoms. The predicted octanol–water partition coefficient (Wildman–Crippen LogP) is 1.01. The first-order valence-corrected chi connectivity index (χ1v) is 8.66. The summed E-state index contributed by atoms with van der Waals surface area (Å²) < 4.78 is 10.5. The van der Waals surface area contributed by atoms with Crippen LogP contribution in [0.15, 0.2) is 30.3 Å². The van der Waals surface area contributed by atoms with Gasteiger partial charge in [-0.1, -0.05) is 30.3 Å². The average molecular weight is 350 g/mol. The largest absolute Gasteiger partial charge is 0.461 e. The second-order valence-electron chi connectivity index (χ2n) is 5.90. The first-order chi connectivity index (χ1) is 12.2. The standard InChI is InChI=1S/C18H26N2O5/c21-11-5-13-24-12-4-10-20-18(23)16(19-20)8-9-17(22)25-14-15-6-2-1-3-7-15/h1-3,6-7,16,19,21H,4-5,8-14H2. The monoisotopic (exact) mass is 350 g/mol. The lowest BCUT2D eigenvalue weighted by Gasteiger charge is -2.39. The summed E-state index contributed by atoms with van der Waals surface area (Å²) in [5, 5.41) is 10.2. The molecule has 0 radical (unpaired) electrons. The number of ether oxygens (including phenoxy) is 2. The average Bonchev–Trinajstić information content (AvgIpc) is 2.64. The second-order valence-corrected chi connectivity index (χ2v) is 5.90. The molecule has 1 aliphatic heterocycles. The fraction of sp³-hybridized carbons (Fsp3) is 0.556. The molecule has 1 unspecified atom stereocenters. The van der Waals surface area contributed by atoms with Crippen molar-refractivity contribution in [3.63, 3.8) is 0 Å². The predicted molar refractivity (Wildman–Crippen MR) is 91.2 cm³/mol. The van der Waals surface area contributed by atoms with Gasteiger partial charge in [0.15, 0.2) is 0 Å². The van der Waals surface area contributed by atoms with Gasteiger partial charge in [0, 0.05) is 32.8 Å². The summed E-state index contributed by atoms with van der Waals surface area (Å²) in [5.74, 6) is -0.291. The number of hydrogen-bond acceptors (Lipinski definition) is 6. The van der Waals surface area contributed by atoms with Gasteiger partial charge in [-0.05, 0) is 24.8 Å². The van der Waals surface area contributed by atoms with Crippen LogP contribution >= 0.6 is 0 Å². The van der Waals surface area contributed by atoms with E-state index >= 15 is 0 Å². The Labute approximate surface area is 147 Å². The lowest BCUT2D eigenvalue weighted by atomic mass is 10.1. The molecular weight excluding hydrogens is 324 g/mol. The van der Waals surface area contributed by atoms with Crippen molar-refractivity contribution < 1.29 is 24.2 Å². The highest BCUT2D eigenvalue weighted by Crippen LogP contribution is 2.13. The summed E-state index contributed by atoms with van der Waals surface area (Å²) in [6.45, 7) is 2.05. The molecule has 1 amide bonds. The van der Waals surface area contributed by atoms with Crippen LogP contribution in [0.5, 0.6) is 0 Å². The fourth-order valence-electron chi connectivity index (χ4n) is 2.46. The van der Waals surface area contributed by atoms with Gasteiger partial charge in [0.25, 0.3) is 5.91 Å². The summed E-state index contributed by atoms with van der Waals surface area (Å²) >= 11 is 0. The van der Waals surface area contributed by atoms with Crippen LogP contribution in [0.1, 0.15) is 31.2 Å². The van der Waals surface area contributed by atoms with E-state index in [9.17, 15) is 9.59 Å². The number of carbonyl (C=O) groups excluding carboxylic acids is 2. The molecule has 25 heavy (non-hydrogen) atoms. The molecule has 1 saturated heterocycles. The summed E-state index contributed by atoms with van der Waals surface area (Å²) in [5.41, 5.74) is 3.99. The number of aliphatic hydroxyl groups is 1. The SMILES string of the molecule is O=C(CCC1NN(CCCOCCCO)C1=O)OCc1ccccc1. The van der Waals surface area contributed by atoms with E-state index in [1.807, 2.05) is 30.3 Å². The van der Waals surface area contributed by atoms with Gasteiger partial charge in [-0.2, -0.15) is 0 Å². The molecule has 138 valence electrons. The van der Waals surface area contributed by atoms with Gasteiger partial charge in [0.2, 0.25) is 0 Å². The van der Waals surface area contributed by atoms with Crippen molar-refractivity contribution in [1.82, 2.24) is 10.4 Å². The molecule has 1 aromatic carbocycles. The fourth-order valence-corrected chi connectivity index (χ4v) is 2.46. The van der Waals surface area contributed by atoms with Crippen LogP contribution in [0.25, 0.3) is 0 Å². The molecule has 1 aromatic rings. The molecule has 7 nitrogen and oxygen atoms in total. The van der Waals surface area contributed by atoms with Crippen molar-refractivity contribution in [3.05, 3.63) is 35.9 Å². The van der Waals surface area contributed by atoms with Crippen LogP contribution in [0.4, 0.5) is 0 Å². The number of carbonyl (C=O) groups is 2. The molecule has 0 bridgehead atoms. The Hall–Kier alpha value is -1.96. The Balaban J connectivity index is 1.51. The van der Waals surface area contributed by atoms with E-state index in [1.54, 1.807) is 5.01 Å². The maximum atomic E-state index is 12.0. The Morgan fingerprint density at radius 2 is 1.96 bits per heavy atom. The quantitative estimate of drug-likeness (QED) is 0.432. The van der Waals surface area contributed by atoms with E-state index in [4.69, 9.17) is 14.6 Å². The maximum Gasteiger partial charge on any atom is 0.306 e. The molecule has 0 aromatic heterocycles. The Kier molecular flexibility index (Phi) is 8.38. The number of nitrogens with zero attached hydrogens (tertiary/aromatic N) is 1. The third-order valence-corrected chi connectivity index (χ3v) is 3.87. The van der Waals surface area contributed by atoms with Crippen LogP contribution in [0, 0.1) is 0 Å². The van der Waals surface area contributed by atoms with E-state index < -0.39 is 0 Å². The molecular formula is C18H26N2O5. The van der Waals surface area contributed by atoms with Gasteiger partial charge < -0.3 is 14.6 Å². The van der Waals surface area contributed by atoms with Gasteiger partial charge >= 0.3 is 5.97 Å². The van der Waals surface area contributed by atoms with E-state index in [2.05, 4.69) is 5.43 Å². The Bertz CT molecular complexity index is 538. The summed E-state index contributed by atoms with van der Waals surface area (Å²) in [4.78, 5) is 23.7. The molecule has 0 saturated carbocycles. The number of rotatable bonds is 12. The van der Waals surface area contributed by atoms with E-state index in [0.717, 1.165) is 12.0 Å². The van der Waals surface area contributed by atoms with Crippen molar-refractivity contribution in [1.29, 1.82) is 0 Å². The number of nitrogens with one attached hydrogen (secondary N) is 1.